The maximum atomic E-state index is 11.8. The van der Waals surface area contributed by atoms with Gasteiger partial charge in [-0.25, -0.2) is 4.79 Å². The molecule has 4 heteroatoms. The van der Waals surface area contributed by atoms with Gasteiger partial charge in [-0.2, -0.15) is 0 Å². The summed E-state index contributed by atoms with van der Waals surface area (Å²) in [6.45, 7) is 2.25. The van der Waals surface area contributed by atoms with Crippen LogP contribution in [-0.2, 0) is 9.53 Å². The van der Waals surface area contributed by atoms with Gasteiger partial charge in [0.2, 0.25) is 0 Å². The molecule has 1 rings (SSSR count). The number of carbonyl (C=O) groups is 2. The van der Waals surface area contributed by atoms with Crippen molar-refractivity contribution in [1.29, 1.82) is 0 Å². The van der Waals surface area contributed by atoms with Gasteiger partial charge in [-0.1, -0.05) is 96.1 Å². The highest BCUT2D eigenvalue weighted by Crippen LogP contribution is 2.17. The van der Waals surface area contributed by atoms with Gasteiger partial charge in [-0.05, 0) is 18.6 Å². The van der Waals surface area contributed by atoms with E-state index in [0.717, 1.165) is 19.3 Å². The first-order valence-electron chi connectivity index (χ1n) is 10.7. The number of hydrogen-bond acceptors (Lipinski definition) is 4. The van der Waals surface area contributed by atoms with Crippen LogP contribution in [0.25, 0.3) is 0 Å². The summed E-state index contributed by atoms with van der Waals surface area (Å²) in [6, 6.07) is 6.07. The lowest BCUT2D eigenvalue weighted by atomic mass is 10.0. The average molecular weight is 377 g/mol. The second-order valence-corrected chi connectivity index (χ2v) is 7.27. The van der Waals surface area contributed by atoms with E-state index in [1.54, 1.807) is 12.1 Å². The molecule has 0 radical (unpaired) electrons. The molecule has 1 aromatic carbocycles. The lowest BCUT2D eigenvalue weighted by Crippen LogP contribution is -2.12. The van der Waals surface area contributed by atoms with Crippen LogP contribution in [0.4, 0.5) is 0 Å². The summed E-state index contributed by atoms with van der Waals surface area (Å²) in [4.78, 5) is 23.5. The number of esters is 2. The van der Waals surface area contributed by atoms with Crippen molar-refractivity contribution in [2.45, 2.75) is 96.8 Å². The van der Waals surface area contributed by atoms with Crippen molar-refractivity contribution < 1.29 is 19.4 Å². The predicted octanol–water partition coefficient (Wildman–Crippen LogP) is 6.56. The number of ether oxygens (including phenoxy) is 1. The van der Waals surface area contributed by atoms with Gasteiger partial charge < -0.3 is 9.84 Å². The molecule has 1 N–H and O–H groups in total. The van der Waals surface area contributed by atoms with Gasteiger partial charge in [0.05, 0.1) is 0 Å². The Hall–Kier alpha value is -1.84. The van der Waals surface area contributed by atoms with Crippen molar-refractivity contribution >= 4 is 11.9 Å². The van der Waals surface area contributed by atoms with E-state index in [0.29, 0.717) is 0 Å². The smallest absolute Gasteiger partial charge is 0.349 e. The molecule has 0 unspecified atom stereocenters. The van der Waals surface area contributed by atoms with Crippen molar-refractivity contribution in [3.05, 3.63) is 29.8 Å². The van der Waals surface area contributed by atoms with E-state index in [1.165, 1.54) is 76.3 Å². The molecule has 0 aromatic heterocycles. The Morgan fingerprint density at radius 1 is 0.778 bits per heavy atom. The van der Waals surface area contributed by atoms with E-state index in [9.17, 15) is 14.7 Å². The van der Waals surface area contributed by atoms with Crippen molar-refractivity contribution in [3.63, 3.8) is 0 Å². The second-order valence-electron chi connectivity index (χ2n) is 7.27. The van der Waals surface area contributed by atoms with Crippen LogP contribution in [0.2, 0.25) is 0 Å². The molecular formula is C23H36O4. The molecule has 4 nitrogen and oxygen atoms in total. The SMILES string of the molecule is CCCCCCCCCCCCCCCC(=O)OC(=O)c1ccccc1O. The van der Waals surface area contributed by atoms with Gasteiger partial charge in [0.25, 0.3) is 0 Å². The number of rotatable bonds is 15. The fraction of sp³-hybridized carbons (Fsp3) is 0.652. The minimum absolute atomic E-state index is 0.0243. The molecule has 0 saturated carbocycles. The number of aromatic hydroxyl groups is 1. The Kier molecular flexibility index (Phi) is 13.1. The average Bonchev–Trinajstić information content (AvgIpc) is 2.65. The summed E-state index contributed by atoms with van der Waals surface area (Å²) in [5, 5.41) is 9.58. The Bertz CT molecular complexity index is 539. The number of hydrogen-bond donors (Lipinski definition) is 1. The van der Waals surface area contributed by atoms with Gasteiger partial charge >= 0.3 is 11.9 Å². The van der Waals surface area contributed by atoms with E-state index >= 15 is 0 Å². The van der Waals surface area contributed by atoms with E-state index in [2.05, 4.69) is 6.92 Å². The minimum atomic E-state index is -0.784. The third kappa shape index (κ3) is 11.5. The fourth-order valence-electron chi connectivity index (χ4n) is 3.14. The molecule has 0 saturated heterocycles. The Balaban J connectivity index is 1.94. The summed E-state index contributed by atoms with van der Waals surface area (Å²) in [5.74, 6) is -1.48. The highest BCUT2D eigenvalue weighted by Gasteiger charge is 2.15. The maximum Gasteiger partial charge on any atom is 0.349 e. The molecule has 0 fully saturated rings. The third-order valence-electron chi connectivity index (χ3n) is 4.81. The van der Waals surface area contributed by atoms with Gasteiger partial charge in [0.15, 0.2) is 0 Å². The number of unbranched alkanes of at least 4 members (excludes halogenated alkanes) is 12. The minimum Gasteiger partial charge on any atom is -0.507 e. The summed E-state index contributed by atoms with van der Waals surface area (Å²) >= 11 is 0. The predicted molar refractivity (Wildman–Crippen MR) is 109 cm³/mol. The number of phenols is 1. The Morgan fingerprint density at radius 2 is 1.26 bits per heavy atom. The molecule has 1 aromatic rings. The lowest BCUT2D eigenvalue weighted by molar-refractivity contribution is -0.138. The standard InChI is InChI=1S/C23H36O4/c1-2-3-4-5-6-7-8-9-10-11-12-13-14-19-22(25)27-23(26)20-17-15-16-18-21(20)24/h15-18,24H,2-14,19H2,1H3. The molecule has 152 valence electrons. The number of phenolic OH excluding ortho intramolecular Hbond substituents is 1. The van der Waals surface area contributed by atoms with E-state index in [-0.39, 0.29) is 17.7 Å². The zero-order valence-corrected chi connectivity index (χ0v) is 16.9. The third-order valence-corrected chi connectivity index (χ3v) is 4.81. The molecule has 0 atom stereocenters. The van der Waals surface area contributed by atoms with Crippen molar-refractivity contribution in [2.75, 3.05) is 0 Å². The van der Waals surface area contributed by atoms with Crippen LogP contribution in [-0.4, -0.2) is 17.0 Å². The van der Waals surface area contributed by atoms with Crippen LogP contribution in [0.3, 0.4) is 0 Å². The van der Waals surface area contributed by atoms with Crippen LogP contribution in [0.15, 0.2) is 24.3 Å². The van der Waals surface area contributed by atoms with Crippen LogP contribution in [0, 0.1) is 0 Å². The molecule has 27 heavy (non-hydrogen) atoms. The van der Waals surface area contributed by atoms with E-state index in [4.69, 9.17) is 4.74 Å². The molecule has 0 bridgehead atoms. The molecular weight excluding hydrogens is 340 g/mol. The topological polar surface area (TPSA) is 63.6 Å². The van der Waals surface area contributed by atoms with Crippen LogP contribution in [0.1, 0.15) is 107 Å². The molecule has 0 aliphatic rings. The fourth-order valence-corrected chi connectivity index (χ4v) is 3.14. The Morgan fingerprint density at radius 3 is 1.78 bits per heavy atom. The molecule has 0 aliphatic carbocycles. The van der Waals surface area contributed by atoms with Crippen molar-refractivity contribution in [1.82, 2.24) is 0 Å². The monoisotopic (exact) mass is 376 g/mol. The van der Waals surface area contributed by atoms with E-state index < -0.39 is 11.9 Å². The molecule has 0 spiro atoms. The number of para-hydroxylation sites is 1. The summed E-state index contributed by atoms with van der Waals surface area (Å²) in [6.07, 6.45) is 16.4. The lowest BCUT2D eigenvalue weighted by Gasteiger charge is -2.05. The van der Waals surface area contributed by atoms with Crippen molar-refractivity contribution in [2.24, 2.45) is 0 Å². The highest BCUT2D eigenvalue weighted by molar-refractivity contribution is 5.98. The van der Waals surface area contributed by atoms with Crippen LogP contribution < -0.4 is 0 Å². The van der Waals surface area contributed by atoms with Gasteiger partial charge in [0.1, 0.15) is 11.3 Å². The zero-order valence-electron chi connectivity index (χ0n) is 16.9. The van der Waals surface area contributed by atoms with Crippen LogP contribution >= 0.6 is 0 Å². The summed E-state index contributed by atoms with van der Waals surface area (Å²) in [5.41, 5.74) is 0.0243. The summed E-state index contributed by atoms with van der Waals surface area (Å²) in [7, 11) is 0. The Labute approximate surface area is 164 Å². The largest absolute Gasteiger partial charge is 0.507 e. The first-order valence-corrected chi connectivity index (χ1v) is 10.7. The second kappa shape index (κ2) is 15.2. The van der Waals surface area contributed by atoms with Gasteiger partial charge in [-0.15, -0.1) is 0 Å². The first-order chi connectivity index (χ1) is 13.1. The summed E-state index contributed by atoms with van der Waals surface area (Å²) < 4.78 is 4.79. The number of carbonyl (C=O) groups excluding carboxylic acids is 2. The first kappa shape index (κ1) is 23.2. The van der Waals surface area contributed by atoms with Gasteiger partial charge in [0, 0.05) is 6.42 Å². The normalized spacial score (nSPS) is 10.7. The van der Waals surface area contributed by atoms with Crippen molar-refractivity contribution in [3.8, 4) is 5.75 Å². The van der Waals surface area contributed by atoms with Gasteiger partial charge in [-0.3, -0.25) is 4.79 Å². The maximum absolute atomic E-state index is 11.8. The molecule has 0 amide bonds. The molecule has 0 aliphatic heterocycles. The van der Waals surface area contributed by atoms with E-state index in [1.807, 2.05) is 0 Å². The quantitative estimate of drug-likeness (QED) is 0.214. The zero-order chi connectivity index (χ0) is 19.7. The number of benzene rings is 1. The van der Waals surface area contributed by atoms with Crippen LogP contribution in [0.5, 0.6) is 5.75 Å². The highest BCUT2D eigenvalue weighted by atomic mass is 16.6. The molecule has 0 heterocycles.